The molecule has 0 aliphatic rings. The molecule has 0 saturated heterocycles. The molecule has 0 spiro atoms. The van der Waals surface area contributed by atoms with Gasteiger partial charge >= 0.3 is 0 Å². The molecule has 0 saturated carbocycles. The van der Waals surface area contributed by atoms with Gasteiger partial charge in [0.2, 0.25) is 5.56 Å². The number of rotatable bonds is 8. The Balaban J connectivity index is 1.91. The lowest BCUT2D eigenvalue weighted by Crippen LogP contribution is -2.38. The zero-order valence-corrected chi connectivity index (χ0v) is 17.0. The first-order chi connectivity index (χ1) is 13.9. The van der Waals surface area contributed by atoms with Gasteiger partial charge in [0.1, 0.15) is 0 Å². The van der Waals surface area contributed by atoms with E-state index in [2.05, 4.69) is 34.4 Å². The lowest BCUT2D eigenvalue weighted by molar-refractivity contribution is -0.384. The SMILES string of the molecule is CCN(CC)C(CNC(=O)c1cc(=O)[nH]c2ccc([N+](=O)[O-])cc12)c1ccsc1. The van der Waals surface area contributed by atoms with Crippen LogP contribution < -0.4 is 10.9 Å². The quantitative estimate of drug-likeness (QED) is 0.434. The molecule has 1 amide bonds. The number of hydrogen-bond donors (Lipinski definition) is 2. The van der Waals surface area contributed by atoms with Crippen LogP contribution in [-0.4, -0.2) is 40.3 Å². The van der Waals surface area contributed by atoms with Gasteiger partial charge in [-0.25, -0.2) is 0 Å². The van der Waals surface area contributed by atoms with E-state index >= 15 is 0 Å². The van der Waals surface area contributed by atoms with Crippen molar-refractivity contribution in [1.82, 2.24) is 15.2 Å². The number of hydrogen-bond acceptors (Lipinski definition) is 6. The molecule has 0 aliphatic carbocycles. The van der Waals surface area contributed by atoms with Gasteiger partial charge in [0.15, 0.2) is 0 Å². The molecule has 8 nitrogen and oxygen atoms in total. The van der Waals surface area contributed by atoms with Crippen LogP contribution in [0.2, 0.25) is 0 Å². The number of fused-ring (bicyclic) bond motifs is 1. The summed E-state index contributed by atoms with van der Waals surface area (Å²) in [5.41, 5.74) is 1.04. The maximum atomic E-state index is 12.9. The number of aromatic amines is 1. The highest BCUT2D eigenvalue weighted by atomic mass is 32.1. The number of non-ortho nitro benzene ring substituents is 1. The van der Waals surface area contributed by atoms with Crippen molar-refractivity contribution in [3.05, 3.63) is 72.7 Å². The van der Waals surface area contributed by atoms with Crippen LogP contribution in [-0.2, 0) is 0 Å². The van der Waals surface area contributed by atoms with Crippen LogP contribution in [0.3, 0.4) is 0 Å². The fraction of sp³-hybridized carbons (Fsp3) is 0.300. The molecule has 3 aromatic rings. The summed E-state index contributed by atoms with van der Waals surface area (Å²) in [7, 11) is 0. The molecule has 2 heterocycles. The largest absolute Gasteiger partial charge is 0.350 e. The Hall–Kier alpha value is -3.04. The predicted molar refractivity (Wildman–Crippen MR) is 114 cm³/mol. The molecule has 2 N–H and O–H groups in total. The van der Waals surface area contributed by atoms with E-state index in [0.29, 0.717) is 17.4 Å². The first-order valence-corrected chi connectivity index (χ1v) is 10.2. The van der Waals surface area contributed by atoms with Gasteiger partial charge < -0.3 is 10.3 Å². The lowest BCUT2D eigenvalue weighted by atomic mass is 10.1. The Kier molecular flexibility index (Phi) is 6.40. The van der Waals surface area contributed by atoms with Gasteiger partial charge in [-0.15, -0.1) is 0 Å². The number of thiophene rings is 1. The third-order valence-corrected chi connectivity index (χ3v) is 5.62. The summed E-state index contributed by atoms with van der Waals surface area (Å²) in [6.07, 6.45) is 0. The Morgan fingerprint density at radius 2 is 2.03 bits per heavy atom. The molecule has 29 heavy (non-hydrogen) atoms. The minimum absolute atomic E-state index is 0.00259. The number of benzene rings is 1. The minimum Gasteiger partial charge on any atom is -0.350 e. The molecule has 0 radical (unpaired) electrons. The topological polar surface area (TPSA) is 108 Å². The summed E-state index contributed by atoms with van der Waals surface area (Å²) in [6, 6.07) is 7.26. The summed E-state index contributed by atoms with van der Waals surface area (Å²) < 4.78 is 0. The maximum Gasteiger partial charge on any atom is 0.270 e. The van der Waals surface area contributed by atoms with E-state index in [0.717, 1.165) is 18.7 Å². The van der Waals surface area contributed by atoms with Crippen LogP contribution in [0.25, 0.3) is 10.9 Å². The van der Waals surface area contributed by atoms with E-state index in [1.165, 1.54) is 24.3 Å². The monoisotopic (exact) mass is 414 g/mol. The lowest BCUT2D eigenvalue weighted by Gasteiger charge is -2.29. The van der Waals surface area contributed by atoms with Crippen LogP contribution in [0.15, 0.2) is 45.9 Å². The minimum atomic E-state index is -0.529. The van der Waals surface area contributed by atoms with E-state index in [1.807, 2.05) is 11.4 Å². The zero-order chi connectivity index (χ0) is 21.0. The smallest absolute Gasteiger partial charge is 0.270 e. The number of carbonyl (C=O) groups is 1. The average Bonchev–Trinajstić information content (AvgIpc) is 3.24. The number of aromatic nitrogens is 1. The molecule has 152 valence electrons. The maximum absolute atomic E-state index is 12.9. The summed E-state index contributed by atoms with van der Waals surface area (Å²) in [5, 5.41) is 18.4. The van der Waals surface area contributed by atoms with Crippen molar-refractivity contribution in [2.24, 2.45) is 0 Å². The van der Waals surface area contributed by atoms with Crippen molar-refractivity contribution < 1.29 is 9.72 Å². The third-order valence-electron chi connectivity index (χ3n) is 4.92. The molecule has 1 unspecified atom stereocenters. The first kappa shape index (κ1) is 20.7. The van der Waals surface area contributed by atoms with E-state index in [4.69, 9.17) is 0 Å². The van der Waals surface area contributed by atoms with Crippen molar-refractivity contribution in [2.75, 3.05) is 19.6 Å². The fourth-order valence-corrected chi connectivity index (χ4v) is 4.12. The van der Waals surface area contributed by atoms with Gasteiger partial charge in [0, 0.05) is 35.6 Å². The number of amides is 1. The standard InChI is InChI=1S/C20H22N4O4S/c1-3-23(4-2)18(13-7-8-29-12-13)11-21-20(26)16-10-19(25)22-17-6-5-14(24(27)28)9-15(16)17/h5-10,12,18H,3-4,11H2,1-2H3,(H,21,26)(H,22,25). The van der Waals surface area contributed by atoms with Gasteiger partial charge in [0.25, 0.3) is 11.6 Å². The number of nitrogens with one attached hydrogen (secondary N) is 2. The Morgan fingerprint density at radius 1 is 1.28 bits per heavy atom. The van der Waals surface area contributed by atoms with E-state index in [-0.39, 0.29) is 17.3 Å². The molecule has 9 heteroatoms. The second kappa shape index (κ2) is 8.97. The fourth-order valence-electron chi connectivity index (χ4n) is 3.41. The van der Waals surface area contributed by atoms with Crippen LogP contribution in [0.4, 0.5) is 5.69 Å². The Bertz CT molecular complexity index is 1070. The van der Waals surface area contributed by atoms with Crippen LogP contribution in [0.1, 0.15) is 35.8 Å². The van der Waals surface area contributed by atoms with E-state index < -0.39 is 16.4 Å². The number of pyridine rings is 1. The van der Waals surface area contributed by atoms with Gasteiger partial charge in [-0.05, 0) is 41.5 Å². The van der Waals surface area contributed by atoms with Crippen molar-refractivity contribution in [3.8, 4) is 0 Å². The van der Waals surface area contributed by atoms with E-state index in [1.54, 1.807) is 11.3 Å². The number of likely N-dealkylation sites (N-methyl/N-ethyl adjacent to an activating group) is 1. The zero-order valence-electron chi connectivity index (χ0n) is 16.2. The number of H-pyrrole nitrogens is 1. The highest BCUT2D eigenvalue weighted by molar-refractivity contribution is 7.08. The third kappa shape index (κ3) is 4.52. The van der Waals surface area contributed by atoms with Crippen molar-refractivity contribution >= 4 is 33.8 Å². The van der Waals surface area contributed by atoms with Crippen LogP contribution in [0.5, 0.6) is 0 Å². The van der Waals surface area contributed by atoms with Crippen LogP contribution >= 0.6 is 11.3 Å². The normalized spacial score (nSPS) is 12.2. The van der Waals surface area contributed by atoms with Gasteiger partial charge in [0.05, 0.1) is 16.5 Å². The second-order valence-electron chi connectivity index (χ2n) is 6.54. The molecular weight excluding hydrogens is 392 g/mol. The predicted octanol–water partition coefficient (Wildman–Crippen LogP) is 3.31. The number of nitrogens with zero attached hydrogens (tertiary/aromatic N) is 2. The highest BCUT2D eigenvalue weighted by Crippen LogP contribution is 2.24. The Morgan fingerprint density at radius 3 is 2.66 bits per heavy atom. The van der Waals surface area contributed by atoms with Crippen molar-refractivity contribution in [2.45, 2.75) is 19.9 Å². The van der Waals surface area contributed by atoms with Gasteiger partial charge in [-0.2, -0.15) is 11.3 Å². The van der Waals surface area contributed by atoms with Gasteiger partial charge in [-0.3, -0.25) is 24.6 Å². The molecule has 1 atom stereocenters. The summed E-state index contributed by atoms with van der Waals surface area (Å²) in [6.45, 7) is 6.14. The van der Waals surface area contributed by atoms with Crippen LogP contribution in [0, 0.1) is 10.1 Å². The Labute approximate surface area is 171 Å². The summed E-state index contributed by atoms with van der Waals surface area (Å²) in [4.78, 5) is 40.3. The highest BCUT2D eigenvalue weighted by Gasteiger charge is 2.21. The van der Waals surface area contributed by atoms with Crippen molar-refractivity contribution in [3.63, 3.8) is 0 Å². The molecule has 0 bridgehead atoms. The van der Waals surface area contributed by atoms with E-state index in [9.17, 15) is 19.7 Å². The molecule has 2 aromatic heterocycles. The number of nitro benzene ring substituents is 1. The summed E-state index contributed by atoms with van der Waals surface area (Å²) >= 11 is 1.60. The molecule has 3 rings (SSSR count). The van der Waals surface area contributed by atoms with Gasteiger partial charge in [-0.1, -0.05) is 13.8 Å². The second-order valence-corrected chi connectivity index (χ2v) is 7.32. The average molecular weight is 414 g/mol. The number of carbonyl (C=O) groups excluding carboxylic acids is 1. The molecule has 1 aromatic carbocycles. The van der Waals surface area contributed by atoms with Crippen molar-refractivity contribution in [1.29, 1.82) is 0 Å². The first-order valence-electron chi connectivity index (χ1n) is 9.30. The molecule has 0 fully saturated rings. The number of nitro groups is 1. The molecule has 0 aliphatic heterocycles. The molecular formula is C20H22N4O4S. The summed E-state index contributed by atoms with van der Waals surface area (Å²) in [5.74, 6) is -0.436.